The smallest absolute Gasteiger partial charge is 0.356 e. The third-order valence-electron chi connectivity index (χ3n) is 7.50. The SMILES string of the molecule is Cc1cccc(C)c1-c1noc(C)c1C(=O)NC1C(=O)N2C(C(=O)O)=C(/C=C3\CCN(CC(C)C)C3=O)OCC12. The van der Waals surface area contributed by atoms with Crippen molar-refractivity contribution < 1.29 is 33.5 Å². The van der Waals surface area contributed by atoms with Gasteiger partial charge in [-0.2, -0.15) is 0 Å². The van der Waals surface area contributed by atoms with Crippen LogP contribution in [-0.2, 0) is 19.1 Å². The fourth-order valence-corrected chi connectivity index (χ4v) is 5.62. The van der Waals surface area contributed by atoms with Gasteiger partial charge in [-0.25, -0.2) is 4.79 Å². The predicted octanol–water partition coefficient (Wildman–Crippen LogP) is 2.72. The topological polar surface area (TPSA) is 142 Å². The van der Waals surface area contributed by atoms with E-state index in [1.54, 1.807) is 11.8 Å². The zero-order chi connectivity index (χ0) is 28.9. The van der Waals surface area contributed by atoms with Gasteiger partial charge in [-0.3, -0.25) is 19.3 Å². The van der Waals surface area contributed by atoms with Crippen LogP contribution in [0.4, 0.5) is 0 Å². The number of hydrogen-bond donors (Lipinski definition) is 2. The highest BCUT2D eigenvalue weighted by Crippen LogP contribution is 2.36. The molecule has 4 heterocycles. The van der Waals surface area contributed by atoms with Gasteiger partial charge in [-0.1, -0.05) is 37.2 Å². The summed E-state index contributed by atoms with van der Waals surface area (Å²) in [5.41, 5.74) is 3.29. The van der Waals surface area contributed by atoms with Crippen molar-refractivity contribution in [3.8, 4) is 11.3 Å². The van der Waals surface area contributed by atoms with Gasteiger partial charge in [-0.15, -0.1) is 0 Å². The van der Waals surface area contributed by atoms with Gasteiger partial charge in [0.25, 0.3) is 11.8 Å². The lowest BCUT2D eigenvalue weighted by molar-refractivity contribution is -0.158. The second kappa shape index (κ2) is 10.3. The quantitative estimate of drug-likeness (QED) is 0.397. The maximum absolute atomic E-state index is 13.4. The number of carbonyl (C=O) groups excluding carboxylic acids is 3. The third-order valence-corrected chi connectivity index (χ3v) is 7.50. The molecule has 2 saturated heterocycles. The predicted molar refractivity (Wildman–Crippen MR) is 143 cm³/mol. The maximum atomic E-state index is 13.4. The van der Waals surface area contributed by atoms with E-state index in [1.807, 2.05) is 45.9 Å². The third kappa shape index (κ3) is 4.55. The molecule has 11 nitrogen and oxygen atoms in total. The number of aromatic nitrogens is 1. The van der Waals surface area contributed by atoms with E-state index >= 15 is 0 Å². The number of carbonyl (C=O) groups is 4. The number of amides is 3. The zero-order valence-electron chi connectivity index (χ0n) is 23.1. The van der Waals surface area contributed by atoms with Crippen molar-refractivity contribution >= 4 is 23.7 Å². The molecule has 11 heteroatoms. The zero-order valence-corrected chi connectivity index (χ0v) is 23.1. The van der Waals surface area contributed by atoms with E-state index in [4.69, 9.17) is 9.26 Å². The summed E-state index contributed by atoms with van der Waals surface area (Å²) >= 11 is 0. The first-order chi connectivity index (χ1) is 19.0. The van der Waals surface area contributed by atoms with Crippen molar-refractivity contribution in [3.63, 3.8) is 0 Å². The summed E-state index contributed by atoms with van der Waals surface area (Å²) in [6.07, 6.45) is 1.89. The van der Waals surface area contributed by atoms with Crippen molar-refractivity contribution in [2.45, 2.75) is 53.1 Å². The Morgan fingerprint density at radius 2 is 1.90 bits per heavy atom. The van der Waals surface area contributed by atoms with Crippen LogP contribution >= 0.6 is 0 Å². The van der Waals surface area contributed by atoms with Crippen LogP contribution in [0.3, 0.4) is 0 Å². The number of rotatable bonds is 7. The van der Waals surface area contributed by atoms with E-state index in [0.717, 1.165) is 21.6 Å². The molecule has 5 rings (SSSR count). The van der Waals surface area contributed by atoms with Gasteiger partial charge in [0.2, 0.25) is 5.91 Å². The van der Waals surface area contributed by atoms with Gasteiger partial charge in [0.15, 0.2) is 11.5 Å². The van der Waals surface area contributed by atoms with Crippen molar-refractivity contribution in [1.29, 1.82) is 0 Å². The summed E-state index contributed by atoms with van der Waals surface area (Å²) in [5.74, 6) is -2.09. The number of carboxylic acid groups (broad SMARTS) is 1. The molecule has 2 aromatic rings. The van der Waals surface area contributed by atoms with E-state index in [2.05, 4.69) is 10.5 Å². The van der Waals surface area contributed by atoms with Gasteiger partial charge >= 0.3 is 5.97 Å². The summed E-state index contributed by atoms with van der Waals surface area (Å²) in [6.45, 7) is 10.6. The molecular weight excluding hydrogens is 516 g/mol. The van der Waals surface area contributed by atoms with E-state index in [0.29, 0.717) is 42.5 Å². The molecule has 0 bridgehead atoms. The monoisotopic (exact) mass is 548 g/mol. The van der Waals surface area contributed by atoms with Crippen molar-refractivity contribution in [1.82, 2.24) is 20.3 Å². The minimum Gasteiger partial charge on any atom is -0.489 e. The summed E-state index contributed by atoms with van der Waals surface area (Å²) in [4.78, 5) is 54.5. The number of nitrogens with one attached hydrogen (secondary N) is 1. The fraction of sp³-hybridized carbons (Fsp3) is 0.414. The summed E-state index contributed by atoms with van der Waals surface area (Å²) in [5, 5.41) is 16.8. The lowest BCUT2D eigenvalue weighted by Crippen LogP contribution is -2.73. The molecule has 0 saturated carbocycles. The Labute approximate surface area is 231 Å². The van der Waals surface area contributed by atoms with Gasteiger partial charge in [-0.05, 0) is 50.3 Å². The summed E-state index contributed by atoms with van der Waals surface area (Å²) < 4.78 is 11.1. The second-order valence-electron chi connectivity index (χ2n) is 10.8. The minimum atomic E-state index is -1.36. The number of aryl methyl sites for hydroxylation is 3. The normalized spacial score (nSPS) is 21.6. The molecule has 2 fully saturated rings. The van der Waals surface area contributed by atoms with E-state index in [-0.39, 0.29) is 29.5 Å². The Morgan fingerprint density at radius 1 is 1.20 bits per heavy atom. The molecule has 2 atom stereocenters. The van der Waals surface area contributed by atoms with Gasteiger partial charge in [0, 0.05) is 24.2 Å². The van der Waals surface area contributed by atoms with Crippen molar-refractivity contribution in [3.05, 3.63) is 63.8 Å². The molecular formula is C29H32N4O7. The summed E-state index contributed by atoms with van der Waals surface area (Å²) in [6, 6.07) is 4.02. The average Bonchev–Trinajstić information content (AvgIpc) is 3.43. The van der Waals surface area contributed by atoms with Crippen LogP contribution in [0.5, 0.6) is 0 Å². The molecule has 2 unspecified atom stereocenters. The number of benzene rings is 1. The lowest BCUT2D eigenvalue weighted by Gasteiger charge is -2.49. The van der Waals surface area contributed by atoms with Crippen LogP contribution in [0.2, 0.25) is 0 Å². The molecule has 3 aliphatic rings. The van der Waals surface area contributed by atoms with Crippen LogP contribution in [0.25, 0.3) is 11.3 Å². The molecule has 3 amide bonds. The molecule has 2 N–H and O–H groups in total. The first-order valence-electron chi connectivity index (χ1n) is 13.3. The number of ether oxygens (including phenoxy) is 1. The van der Waals surface area contributed by atoms with Gasteiger partial charge < -0.3 is 24.6 Å². The Kier molecular flexibility index (Phi) is 6.99. The van der Waals surface area contributed by atoms with Crippen LogP contribution in [-0.4, -0.2) is 75.5 Å². The number of aliphatic carboxylic acids is 1. The van der Waals surface area contributed by atoms with Crippen molar-refractivity contribution in [2.24, 2.45) is 5.92 Å². The van der Waals surface area contributed by atoms with E-state index in [9.17, 15) is 24.3 Å². The number of allylic oxidation sites excluding steroid dienone is 1. The Balaban J connectivity index is 1.38. The number of fused-ring (bicyclic) bond motifs is 1. The minimum absolute atomic E-state index is 0.0381. The second-order valence-corrected chi connectivity index (χ2v) is 10.8. The molecule has 1 aromatic heterocycles. The van der Waals surface area contributed by atoms with Gasteiger partial charge in [0.05, 0.1) is 0 Å². The number of hydrogen-bond acceptors (Lipinski definition) is 7. The number of carboxylic acids is 1. The van der Waals surface area contributed by atoms with Crippen LogP contribution in [0.15, 0.2) is 45.8 Å². The van der Waals surface area contributed by atoms with E-state index in [1.165, 1.54) is 6.08 Å². The van der Waals surface area contributed by atoms with Crippen LogP contribution < -0.4 is 5.32 Å². The van der Waals surface area contributed by atoms with E-state index < -0.39 is 29.9 Å². The number of β-lactam (4-membered cyclic amide) rings is 1. The highest BCUT2D eigenvalue weighted by Gasteiger charge is 2.55. The average molecular weight is 549 g/mol. The molecule has 0 spiro atoms. The maximum Gasteiger partial charge on any atom is 0.356 e. The largest absolute Gasteiger partial charge is 0.489 e. The lowest BCUT2D eigenvalue weighted by atomic mass is 9.91. The molecule has 3 aliphatic heterocycles. The molecule has 1 aromatic carbocycles. The molecule has 210 valence electrons. The van der Waals surface area contributed by atoms with Crippen LogP contribution in [0.1, 0.15) is 47.5 Å². The highest BCUT2D eigenvalue weighted by atomic mass is 16.5. The molecule has 40 heavy (non-hydrogen) atoms. The summed E-state index contributed by atoms with van der Waals surface area (Å²) in [7, 11) is 0. The Hall–Kier alpha value is -4.41. The van der Waals surface area contributed by atoms with Crippen molar-refractivity contribution in [2.75, 3.05) is 19.7 Å². The van der Waals surface area contributed by atoms with Gasteiger partial charge in [0.1, 0.15) is 35.7 Å². The molecule has 0 radical (unpaired) electrons. The fourth-order valence-electron chi connectivity index (χ4n) is 5.62. The standard InChI is InChI=1S/C29H32N4O7/c1-14(2)12-32-10-9-18(27(32)35)11-20-25(29(37)38)33-19(13-39-20)23(28(33)36)30-26(34)22-17(5)40-31-24(22)21-15(3)7-6-8-16(21)4/h6-8,11,14,19,23H,9-10,12-13H2,1-5H3,(H,30,34)(H,37,38)/b18-11+. The Bertz CT molecular complexity index is 1460. The number of nitrogens with zero attached hydrogens (tertiary/aromatic N) is 3. The Morgan fingerprint density at radius 3 is 2.55 bits per heavy atom. The van der Waals surface area contributed by atoms with Crippen LogP contribution in [0, 0.1) is 26.7 Å². The molecule has 0 aliphatic carbocycles. The first kappa shape index (κ1) is 27.2. The number of likely N-dealkylation sites (tertiary alicyclic amines) is 1. The first-order valence-corrected chi connectivity index (χ1v) is 13.3. The highest BCUT2D eigenvalue weighted by molar-refractivity contribution is 6.06.